The van der Waals surface area contributed by atoms with E-state index >= 15 is 0 Å². The zero-order valence-electron chi connectivity index (χ0n) is 42.3. The van der Waals surface area contributed by atoms with E-state index in [4.69, 9.17) is 0 Å². The van der Waals surface area contributed by atoms with Crippen molar-refractivity contribution < 1.29 is 20.1 Å². The van der Waals surface area contributed by atoms with Gasteiger partial charge in [0.1, 0.15) is 6.10 Å². The number of aliphatic hydroxyl groups excluding tert-OH is 3. The van der Waals surface area contributed by atoms with Crippen LogP contribution in [-0.4, -0.2) is 46.1 Å². The van der Waals surface area contributed by atoms with E-state index in [-0.39, 0.29) is 12.5 Å². The fraction of sp³-hybridized carbons (Fsp3) is 0.947. The summed E-state index contributed by atoms with van der Waals surface area (Å²) in [6, 6.07) is -0.809. The maximum atomic E-state index is 12.5. The van der Waals surface area contributed by atoms with Gasteiger partial charge in [-0.3, -0.25) is 4.79 Å². The van der Waals surface area contributed by atoms with Crippen LogP contribution in [0.1, 0.15) is 322 Å². The number of rotatable bonds is 53. The summed E-state index contributed by atoms with van der Waals surface area (Å²) in [4.78, 5) is 12.5. The largest absolute Gasteiger partial charge is 0.394 e. The molecule has 0 rings (SSSR count). The van der Waals surface area contributed by atoms with Crippen LogP contribution in [0.25, 0.3) is 0 Å². The first-order valence-electron chi connectivity index (χ1n) is 28.5. The molecule has 0 spiro atoms. The molecular weight excluding hydrogens is 763 g/mol. The summed E-state index contributed by atoms with van der Waals surface area (Å²) < 4.78 is 0. The van der Waals surface area contributed by atoms with Crippen LogP contribution in [0.2, 0.25) is 0 Å². The van der Waals surface area contributed by atoms with Crippen LogP contribution in [-0.2, 0) is 4.79 Å². The zero-order chi connectivity index (χ0) is 45.1. The highest BCUT2D eigenvalue weighted by Gasteiger charge is 2.26. The summed E-state index contributed by atoms with van der Waals surface area (Å²) >= 11 is 0. The molecule has 4 N–H and O–H groups in total. The number of unbranched alkanes of at least 4 members (excludes halogenated alkanes) is 43. The van der Waals surface area contributed by atoms with Crippen molar-refractivity contribution in [3.8, 4) is 0 Å². The minimum atomic E-state index is -1.14. The van der Waals surface area contributed by atoms with E-state index in [1.54, 1.807) is 0 Å². The molecule has 0 saturated heterocycles. The number of hydrogen-bond acceptors (Lipinski definition) is 4. The van der Waals surface area contributed by atoms with E-state index in [2.05, 4.69) is 31.3 Å². The number of carbonyl (C=O) groups excluding carboxylic acids is 1. The molecule has 5 nitrogen and oxygen atoms in total. The number of aliphatic hydroxyl groups is 3. The van der Waals surface area contributed by atoms with Crippen LogP contribution in [0.3, 0.4) is 0 Å². The molecule has 0 fully saturated rings. The molecule has 370 valence electrons. The first kappa shape index (κ1) is 61.1. The fourth-order valence-corrected chi connectivity index (χ4v) is 9.22. The molecule has 62 heavy (non-hydrogen) atoms. The van der Waals surface area contributed by atoms with Crippen LogP contribution in [0.4, 0.5) is 0 Å². The second-order valence-electron chi connectivity index (χ2n) is 19.9. The minimum absolute atomic E-state index is 0.141. The molecular formula is C57H113NO4. The Balaban J connectivity index is 3.52. The molecule has 5 heteroatoms. The van der Waals surface area contributed by atoms with Gasteiger partial charge in [-0.2, -0.15) is 0 Å². The Kier molecular flexibility index (Phi) is 51.9. The monoisotopic (exact) mass is 876 g/mol. The predicted molar refractivity (Wildman–Crippen MR) is 273 cm³/mol. The molecule has 0 aliphatic rings. The third-order valence-electron chi connectivity index (χ3n) is 13.6. The van der Waals surface area contributed by atoms with Gasteiger partial charge in [-0.15, -0.1) is 0 Å². The average Bonchev–Trinajstić information content (AvgIpc) is 3.28. The zero-order valence-corrected chi connectivity index (χ0v) is 42.3. The maximum Gasteiger partial charge on any atom is 0.220 e. The summed E-state index contributed by atoms with van der Waals surface area (Å²) in [5.41, 5.74) is 0. The second kappa shape index (κ2) is 52.7. The highest BCUT2D eigenvalue weighted by Crippen LogP contribution is 2.18. The molecule has 0 saturated carbocycles. The quantitative estimate of drug-likeness (QED) is 0.0362. The molecule has 0 aromatic rings. The van der Waals surface area contributed by atoms with Gasteiger partial charge in [0.05, 0.1) is 18.8 Å². The molecule has 0 aromatic carbocycles. The first-order valence-corrected chi connectivity index (χ1v) is 28.5. The average molecular weight is 877 g/mol. The number of hydrogen-bond donors (Lipinski definition) is 4. The van der Waals surface area contributed by atoms with Crippen LogP contribution in [0.5, 0.6) is 0 Å². The summed E-state index contributed by atoms with van der Waals surface area (Å²) in [5, 5.41) is 33.8. The van der Waals surface area contributed by atoms with E-state index in [0.29, 0.717) is 12.8 Å². The van der Waals surface area contributed by atoms with Crippen LogP contribution < -0.4 is 5.32 Å². The van der Waals surface area contributed by atoms with Crippen molar-refractivity contribution in [1.29, 1.82) is 0 Å². The second-order valence-corrected chi connectivity index (χ2v) is 19.9. The van der Waals surface area contributed by atoms with Gasteiger partial charge < -0.3 is 20.6 Å². The first-order chi connectivity index (χ1) is 30.6. The SMILES string of the molecule is CCCCCCCCCCCCCC/C=C\CCCCCCCCCCCC(=O)NC(CO)C(O)C(O)CCCCCCCCCCCCCCCCCCCCCCCCC. The predicted octanol–water partition coefficient (Wildman–Crippen LogP) is 17.5. The number of allylic oxidation sites excluding steroid dienone is 2. The number of amides is 1. The lowest BCUT2D eigenvalue weighted by molar-refractivity contribution is -0.124. The molecule has 0 radical (unpaired) electrons. The standard InChI is InChI=1S/C57H113NO4/c1-3-5-7-9-11-13-15-17-19-21-23-25-27-28-30-32-34-36-38-40-42-44-46-48-50-52-56(61)58-54(53-59)57(62)55(60)51-49-47-45-43-41-39-37-35-33-31-29-26-24-22-20-18-16-14-12-10-8-6-4-2/h28,30,54-55,57,59-60,62H,3-27,29,31-53H2,1-2H3,(H,58,61)/b30-28-. The van der Waals surface area contributed by atoms with Crippen LogP contribution in [0, 0.1) is 0 Å². The molecule has 0 aliphatic heterocycles. The summed E-state index contributed by atoms with van der Waals surface area (Å²) in [6.45, 7) is 4.22. The molecule has 3 unspecified atom stereocenters. The topological polar surface area (TPSA) is 89.8 Å². The van der Waals surface area contributed by atoms with Crippen molar-refractivity contribution in [2.75, 3.05) is 6.61 Å². The van der Waals surface area contributed by atoms with E-state index < -0.39 is 18.2 Å². The Morgan fingerprint density at radius 3 is 0.935 bits per heavy atom. The molecule has 0 aliphatic carbocycles. The molecule has 0 bridgehead atoms. The lowest BCUT2D eigenvalue weighted by Crippen LogP contribution is -2.50. The van der Waals surface area contributed by atoms with Gasteiger partial charge in [-0.1, -0.05) is 289 Å². The Bertz CT molecular complexity index is 879. The van der Waals surface area contributed by atoms with E-state index in [9.17, 15) is 20.1 Å². The van der Waals surface area contributed by atoms with Crippen molar-refractivity contribution in [2.24, 2.45) is 0 Å². The Morgan fingerprint density at radius 2 is 0.645 bits per heavy atom. The molecule has 3 atom stereocenters. The Hall–Kier alpha value is -0.910. The van der Waals surface area contributed by atoms with Crippen molar-refractivity contribution in [1.82, 2.24) is 5.32 Å². The summed E-state index contributed by atoms with van der Waals surface area (Å²) in [6.07, 6.45) is 65.1. The highest BCUT2D eigenvalue weighted by atomic mass is 16.3. The van der Waals surface area contributed by atoms with Gasteiger partial charge in [0, 0.05) is 6.42 Å². The maximum absolute atomic E-state index is 12.5. The minimum Gasteiger partial charge on any atom is -0.394 e. The van der Waals surface area contributed by atoms with Gasteiger partial charge in [-0.05, 0) is 38.5 Å². The van der Waals surface area contributed by atoms with Crippen molar-refractivity contribution in [3.05, 3.63) is 12.2 Å². The van der Waals surface area contributed by atoms with Gasteiger partial charge in [0.15, 0.2) is 0 Å². The third-order valence-corrected chi connectivity index (χ3v) is 13.6. The van der Waals surface area contributed by atoms with Crippen molar-refractivity contribution in [2.45, 2.75) is 340 Å². The van der Waals surface area contributed by atoms with Crippen LogP contribution >= 0.6 is 0 Å². The third kappa shape index (κ3) is 47.1. The lowest BCUT2D eigenvalue weighted by atomic mass is 9.99. The van der Waals surface area contributed by atoms with Crippen molar-refractivity contribution in [3.63, 3.8) is 0 Å². The van der Waals surface area contributed by atoms with Gasteiger partial charge in [0.25, 0.3) is 0 Å². The fourth-order valence-electron chi connectivity index (χ4n) is 9.22. The Morgan fingerprint density at radius 1 is 0.387 bits per heavy atom. The van der Waals surface area contributed by atoms with E-state index in [1.807, 2.05) is 0 Å². The molecule has 1 amide bonds. The summed E-state index contributed by atoms with van der Waals surface area (Å²) in [7, 11) is 0. The molecule has 0 aromatic heterocycles. The normalized spacial score (nSPS) is 13.3. The van der Waals surface area contributed by atoms with Gasteiger partial charge in [-0.25, -0.2) is 0 Å². The molecule has 0 heterocycles. The smallest absolute Gasteiger partial charge is 0.220 e. The van der Waals surface area contributed by atoms with E-state index in [1.165, 1.54) is 263 Å². The number of carbonyl (C=O) groups is 1. The highest BCUT2D eigenvalue weighted by molar-refractivity contribution is 5.76. The Labute approximate surface area is 389 Å². The van der Waals surface area contributed by atoms with Crippen LogP contribution in [0.15, 0.2) is 12.2 Å². The number of nitrogens with one attached hydrogen (secondary N) is 1. The van der Waals surface area contributed by atoms with Gasteiger partial charge in [0.2, 0.25) is 5.91 Å². The summed E-state index contributed by atoms with van der Waals surface area (Å²) in [5.74, 6) is -0.141. The van der Waals surface area contributed by atoms with Gasteiger partial charge >= 0.3 is 0 Å². The van der Waals surface area contributed by atoms with Crippen molar-refractivity contribution >= 4 is 5.91 Å². The van der Waals surface area contributed by atoms with E-state index in [0.717, 1.165) is 32.1 Å². The lowest BCUT2D eigenvalue weighted by Gasteiger charge is -2.26.